The summed E-state index contributed by atoms with van der Waals surface area (Å²) in [6.07, 6.45) is 1.13. The van der Waals surface area contributed by atoms with Gasteiger partial charge in [-0.15, -0.1) is 0 Å². The first-order chi connectivity index (χ1) is 4.16. The zero-order valence-electron chi connectivity index (χ0n) is 5.55. The molecule has 0 radical (unpaired) electrons. The van der Waals surface area contributed by atoms with Crippen molar-refractivity contribution in [3.63, 3.8) is 0 Å². The molecule has 1 N–H and O–H groups in total. The van der Waals surface area contributed by atoms with Gasteiger partial charge in [0.05, 0.1) is 0 Å². The van der Waals surface area contributed by atoms with E-state index in [1.165, 1.54) is 14.0 Å². The molecule has 52 valence electrons. The van der Waals surface area contributed by atoms with Gasteiger partial charge in [0, 0.05) is 13.2 Å². The smallest absolute Gasteiger partial charge is 0.156 e. The Hall–Kier alpha value is -0.830. The Morgan fingerprint density at radius 2 is 2.33 bits per heavy atom. The molecule has 0 aromatic rings. The fourth-order valence-electron chi connectivity index (χ4n) is 0.424. The van der Waals surface area contributed by atoms with Crippen LogP contribution in [0.5, 0.6) is 0 Å². The Morgan fingerprint density at radius 1 is 1.78 bits per heavy atom. The fourth-order valence-corrected chi connectivity index (χ4v) is 0.424. The van der Waals surface area contributed by atoms with Crippen LogP contribution in [0.15, 0.2) is 11.8 Å². The summed E-state index contributed by atoms with van der Waals surface area (Å²) in [5, 5.41) is 8.73. The number of carbonyl (C=O) groups excluding carboxylic acids is 1. The van der Waals surface area contributed by atoms with Crippen LogP contribution in [0.2, 0.25) is 0 Å². The number of ketones is 1. The molecule has 0 aromatic carbocycles. The Morgan fingerprint density at radius 3 is 2.67 bits per heavy atom. The molecule has 0 fully saturated rings. The Bertz CT molecular complexity index is 126. The van der Waals surface area contributed by atoms with Crippen LogP contribution in [0.3, 0.4) is 0 Å². The SMILES string of the molecule is COC/C(O)=C/C(C)=O. The topological polar surface area (TPSA) is 46.5 Å². The molecule has 3 nitrogen and oxygen atoms in total. The van der Waals surface area contributed by atoms with E-state index >= 15 is 0 Å². The lowest BCUT2D eigenvalue weighted by molar-refractivity contribution is -0.112. The van der Waals surface area contributed by atoms with Crippen molar-refractivity contribution in [2.24, 2.45) is 0 Å². The molecule has 0 aliphatic rings. The third kappa shape index (κ3) is 5.03. The fraction of sp³-hybridized carbons (Fsp3) is 0.500. The van der Waals surface area contributed by atoms with Crippen LogP contribution in [0.4, 0.5) is 0 Å². The minimum atomic E-state index is -0.176. The average molecular weight is 130 g/mol. The lowest BCUT2D eigenvalue weighted by atomic mass is 10.4. The minimum Gasteiger partial charge on any atom is -0.510 e. The van der Waals surface area contributed by atoms with Crippen LogP contribution >= 0.6 is 0 Å². The predicted octanol–water partition coefficient (Wildman–Crippen LogP) is 0.664. The van der Waals surface area contributed by atoms with E-state index in [1.807, 2.05) is 0 Å². The highest BCUT2D eigenvalue weighted by Gasteiger charge is 1.91. The molecular formula is C6H10O3. The standard InChI is InChI=1S/C6H10O3/c1-5(7)3-6(8)4-9-2/h3,8H,4H2,1-2H3/b6-3-. The van der Waals surface area contributed by atoms with Gasteiger partial charge in [-0.1, -0.05) is 0 Å². The summed E-state index contributed by atoms with van der Waals surface area (Å²) in [6, 6.07) is 0. The second kappa shape index (κ2) is 4.09. The molecule has 0 saturated carbocycles. The Balaban J connectivity index is 3.69. The van der Waals surface area contributed by atoms with Crippen molar-refractivity contribution in [2.45, 2.75) is 6.92 Å². The van der Waals surface area contributed by atoms with E-state index in [9.17, 15) is 4.79 Å². The van der Waals surface area contributed by atoms with Crippen LogP contribution in [-0.4, -0.2) is 24.6 Å². The summed E-state index contributed by atoms with van der Waals surface area (Å²) in [6.45, 7) is 1.46. The molecule has 0 atom stereocenters. The van der Waals surface area contributed by atoms with Crippen molar-refractivity contribution >= 4 is 5.78 Å². The molecular weight excluding hydrogens is 120 g/mol. The van der Waals surface area contributed by atoms with Crippen LogP contribution in [0.1, 0.15) is 6.92 Å². The third-order valence-corrected chi connectivity index (χ3v) is 0.662. The lowest BCUT2D eigenvalue weighted by Crippen LogP contribution is -1.95. The van der Waals surface area contributed by atoms with Crippen molar-refractivity contribution in [1.29, 1.82) is 0 Å². The summed E-state index contributed by atoms with van der Waals surface area (Å²) in [7, 11) is 1.45. The summed E-state index contributed by atoms with van der Waals surface area (Å²) in [5.41, 5.74) is 0. The van der Waals surface area contributed by atoms with Gasteiger partial charge in [-0.3, -0.25) is 4.79 Å². The highest BCUT2D eigenvalue weighted by molar-refractivity contribution is 5.87. The number of allylic oxidation sites excluding steroid dienone is 1. The molecule has 3 heteroatoms. The number of aliphatic hydroxyl groups excluding tert-OH is 1. The van der Waals surface area contributed by atoms with E-state index < -0.39 is 0 Å². The van der Waals surface area contributed by atoms with Crippen molar-refractivity contribution in [3.05, 3.63) is 11.8 Å². The van der Waals surface area contributed by atoms with Crippen LogP contribution in [0.25, 0.3) is 0 Å². The van der Waals surface area contributed by atoms with Crippen LogP contribution in [-0.2, 0) is 9.53 Å². The van der Waals surface area contributed by atoms with Gasteiger partial charge < -0.3 is 9.84 Å². The van der Waals surface area contributed by atoms with E-state index in [0.29, 0.717) is 0 Å². The van der Waals surface area contributed by atoms with Gasteiger partial charge in [-0.2, -0.15) is 0 Å². The van der Waals surface area contributed by atoms with Crippen molar-refractivity contribution in [1.82, 2.24) is 0 Å². The summed E-state index contributed by atoms with van der Waals surface area (Å²) in [4.78, 5) is 10.2. The number of carbonyl (C=O) groups is 1. The highest BCUT2D eigenvalue weighted by atomic mass is 16.5. The minimum absolute atomic E-state index is 0.0370. The number of hydrogen-bond donors (Lipinski definition) is 1. The predicted molar refractivity (Wildman–Crippen MR) is 33.3 cm³/mol. The van der Waals surface area contributed by atoms with E-state index in [4.69, 9.17) is 5.11 Å². The molecule has 0 aliphatic heterocycles. The van der Waals surface area contributed by atoms with E-state index in [2.05, 4.69) is 4.74 Å². The molecule has 0 heterocycles. The molecule has 0 amide bonds. The van der Waals surface area contributed by atoms with Crippen molar-refractivity contribution in [3.8, 4) is 0 Å². The lowest BCUT2D eigenvalue weighted by Gasteiger charge is -1.93. The van der Waals surface area contributed by atoms with Crippen molar-refractivity contribution in [2.75, 3.05) is 13.7 Å². The van der Waals surface area contributed by atoms with E-state index in [1.54, 1.807) is 0 Å². The molecule has 0 saturated heterocycles. The van der Waals surface area contributed by atoms with Gasteiger partial charge in [0.2, 0.25) is 0 Å². The van der Waals surface area contributed by atoms with Gasteiger partial charge in [0.15, 0.2) is 5.78 Å². The number of ether oxygens (including phenoxy) is 1. The number of hydrogen-bond acceptors (Lipinski definition) is 3. The maximum atomic E-state index is 10.2. The number of aliphatic hydroxyl groups is 1. The second-order valence-corrected chi connectivity index (χ2v) is 1.68. The Labute approximate surface area is 53.9 Å². The third-order valence-electron chi connectivity index (χ3n) is 0.662. The summed E-state index contributed by atoms with van der Waals surface area (Å²) in [5.74, 6) is -0.213. The first-order valence-corrected chi connectivity index (χ1v) is 2.56. The molecule has 0 spiro atoms. The van der Waals surface area contributed by atoms with Gasteiger partial charge in [0.25, 0.3) is 0 Å². The van der Waals surface area contributed by atoms with E-state index in [-0.39, 0.29) is 18.1 Å². The normalized spacial score (nSPS) is 11.6. The summed E-state index contributed by atoms with van der Waals surface area (Å²) >= 11 is 0. The quantitative estimate of drug-likeness (QED) is 0.451. The first-order valence-electron chi connectivity index (χ1n) is 2.56. The van der Waals surface area contributed by atoms with Crippen LogP contribution < -0.4 is 0 Å². The van der Waals surface area contributed by atoms with Gasteiger partial charge in [0.1, 0.15) is 12.4 Å². The Kier molecular flexibility index (Phi) is 3.71. The molecule has 0 unspecified atom stereocenters. The van der Waals surface area contributed by atoms with Crippen molar-refractivity contribution < 1.29 is 14.6 Å². The zero-order valence-corrected chi connectivity index (χ0v) is 5.55. The molecule has 0 aromatic heterocycles. The first kappa shape index (κ1) is 8.17. The second-order valence-electron chi connectivity index (χ2n) is 1.68. The number of methoxy groups -OCH3 is 1. The molecule has 0 bridgehead atoms. The van der Waals surface area contributed by atoms with Gasteiger partial charge in [-0.25, -0.2) is 0 Å². The molecule has 0 aliphatic carbocycles. The highest BCUT2D eigenvalue weighted by Crippen LogP contribution is 1.87. The maximum Gasteiger partial charge on any atom is 0.156 e. The zero-order chi connectivity index (χ0) is 7.28. The van der Waals surface area contributed by atoms with Gasteiger partial charge >= 0.3 is 0 Å². The molecule has 0 rings (SSSR count). The molecule has 9 heavy (non-hydrogen) atoms. The average Bonchev–Trinajstić information content (AvgIpc) is 1.63. The van der Waals surface area contributed by atoms with Gasteiger partial charge in [-0.05, 0) is 6.92 Å². The summed E-state index contributed by atoms with van der Waals surface area (Å²) < 4.78 is 4.53. The monoisotopic (exact) mass is 130 g/mol. The van der Waals surface area contributed by atoms with E-state index in [0.717, 1.165) is 6.08 Å². The maximum absolute atomic E-state index is 10.2. The van der Waals surface area contributed by atoms with Crippen LogP contribution in [0, 0.1) is 0 Å². The number of rotatable bonds is 3. The largest absolute Gasteiger partial charge is 0.510 e.